The maximum absolute atomic E-state index is 6.34. The molecule has 20 heavy (non-hydrogen) atoms. The van der Waals surface area contributed by atoms with Gasteiger partial charge in [0.2, 0.25) is 0 Å². The summed E-state index contributed by atoms with van der Waals surface area (Å²) in [5.74, 6) is 0.827. The van der Waals surface area contributed by atoms with Crippen LogP contribution in [0.25, 0.3) is 0 Å². The Morgan fingerprint density at radius 2 is 1.95 bits per heavy atom. The van der Waals surface area contributed by atoms with Crippen LogP contribution in [0.5, 0.6) is 5.75 Å². The molecule has 1 aromatic rings. The summed E-state index contributed by atoms with van der Waals surface area (Å²) in [6.07, 6.45) is 10.2. The van der Waals surface area contributed by atoms with E-state index in [-0.39, 0.29) is 0 Å². The highest BCUT2D eigenvalue weighted by atomic mass is 35.5. The number of halogens is 1. The molecule has 0 radical (unpaired) electrons. The van der Waals surface area contributed by atoms with Crippen LogP contribution in [0, 0.1) is 5.41 Å². The minimum absolute atomic E-state index is 0.455. The predicted octanol–water partition coefficient (Wildman–Crippen LogP) is 4.58. The van der Waals surface area contributed by atoms with Gasteiger partial charge in [-0.15, -0.1) is 0 Å². The van der Waals surface area contributed by atoms with Crippen molar-refractivity contribution in [2.75, 3.05) is 13.7 Å². The second kappa shape index (κ2) is 7.33. The molecule has 0 atom stereocenters. The minimum atomic E-state index is 0.455. The molecule has 1 aromatic carbocycles. The highest BCUT2D eigenvalue weighted by Gasteiger charge is 2.30. The highest BCUT2D eigenvalue weighted by molar-refractivity contribution is 6.31. The maximum Gasteiger partial charge on any atom is 0.120 e. The topological polar surface area (TPSA) is 35.2 Å². The van der Waals surface area contributed by atoms with E-state index in [1.54, 1.807) is 7.11 Å². The summed E-state index contributed by atoms with van der Waals surface area (Å²) in [5, 5.41) is 0.822. The van der Waals surface area contributed by atoms with Gasteiger partial charge in [0.15, 0.2) is 0 Å². The molecule has 0 aliphatic heterocycles. The fourth-order valence-electron chi connectivity index (χ4n) is 3.49. The fourth-order valence-corrected chi connectivity index (χ4v) is 3.76. The van der Waals surface area contributed by atoms with Gasteiger partial charge in [-0.05, 0) is 61.8 Å². The molecule has 0 aromatic heterocycles. The van der Waals surface area contributed by atoms with Crippen molar-refractivity contribution in [3.63, 3.8) is 0 Å². The largest absolute Gasteiger partial charge is 0.497 e. The van der Waals surface area contributed by atoms with E-state index < -0.39 is 0 Å². The Balaban J connectivity index is 2.01. The van der Waals surface area contributed by atoms with Crippen LogP contribution >= 0.6 is 11.6 Å². The summed E-state index contributed by atoms with van der Waals surface area (Å²) < 4.78 is 5.20. The van der Waals surface area contributed by atoms with Gasteiger partial charge < -0.3 is 10.5 Å². The molecule has 1 aliphatic carbocycles. The van der Waals surface area contributed by atoms with Crippen LogP contribution in [0.15, 0.2) is 18.2 Å². The van der Waals surface area contributed by atoms with E-state index in [2.05, 4.69) is 6.07 Å². The number of methoxy groups -OCH3 is 1. The van der Waals surface area contributed by atoms with Gasteiger partial charge in [0.1, 0.15) is 5.75 Å². The minimum Gasteiger partial charge on any atom is -0.497 e. The molecular formula is C17H26ClNO. The average molecular weight is 296 g/mol. The van der Waals surface area contributed by atoms with Gasteiger partial charge in [-0.3, -0.25) is 0 Å². The predicted molar refractivity (Wildman–Crippen MR) is 85.5 cm³/mol. The number of benzene rings is 1. The van der Waals surface area contributed by atoms with Gasteiger partial charge >= 0.3 is 0 Å². The van der Waals surface area contributed by atoms with Crippen molar-refractivity contribution < 1.29 is 4.74 Å². The highest BCUT2D eigenvalue weighted by Crippen LogP contribution is 2.43. The number of ether oxygens (including phenoxy) is 1. The van der Waals surface area contributed by atoms with Crippen LogP contribution in [0.3, 0.4) is 0 Å². The molecule has 0 bridgehead atoms. The van der Waals surface area contributed by atoms with E-state index in [9.17, 15) is 0 Å². The molecule has 2 nitrogen and oxygen atoms in total. The van der Waals surface area contributed by atoms with Gasteiger partial charge in [0.05, 0.1) is 7.11 Å². The quantitative estimate of drug-likeness (QED) is 0.833. The van der Waals surface area contributed by atoms with Gasteiger partial charge in [-0.25, -0.2) is 0 Å². The first kappa shape index (κ1) is 15.7. The first-order valence-electron chi connectivity index (χ1n) is 7.72. The maximum atomic E-state index is 6.34. The van der Waals surface area contributed by atoms with E-state index >= 15 is 0 Å². The van der Waals surface area contributed by atoms with Crippen LogP contribution in [0.4, 0.5) is 0 Å². The third-order valence-electron chi connectivity index (χ3n) is 4.77. The molecule has 0 unspecified atom stereocenters. The van der Waals surface area contributed by atoms with Crippen LogP contribution in [0.1, 0.15) is 50.5 Å². The second-order valence-electron chi connectivity index (χ2n) is 6.06. The van der Waals surface area contributed by atoms with Gasteiger partial charge in [-0.2, -0.15) is 0 Å². The van der Waals surface area contributed by atoms with Crippen molar-refractivity contribution in [3.8, 4) is 5.75 Å². The normalized spacial score (nSPS) is 17.9. The third kappa shape index (κ3) is 3.89. The molecule has 0 heterocycles. The van der Waals surface area contributed by atoms with E-state index in [4.69, 9.17) is 22.1 Å². The summed E-state index contributed by atoms with van der Waals surface area (Å²) in [7, 11) is 1.67. The monoisotopic (exact) mass is 295 g/mol. The summed E-state index contributed by atoms with van der Waals surface area (Å²) in [6.45, 7) is 0.802. The molecule has 1 fully saturated rings. The Morgan fingerprint density at radius 3 is 2.55 bits per heavy atom. The molecule has 2 rings (SSSR count). The lowest BCUT2D eigenvalue weighted by Crippen LogP contribution is -2.28. The molecule has 3 heteroatoms. The summed E-state index contributed by atoms with van der Waals surface area (Å²) >= 11 is 6.34. The molecule has 112 valence electrons. The van der Waals surface area contributed by atoms with E-state index in [1.165, 1.54) is 44.1 Å². The van der Waals surface area contributed by atoms with Crippen molar-refractivity contribution in [2.45, 2.75) is 51.4 Å². The number of hydrogen-bond donors (Lipinski definition) is 1. The van der Waals surface area contributed by atoms with Crippen molar-refractivity contribution >= 4 is 11.6 Å². The van der Waals surface area contributed by atoms with Crippen LogP contribution in [-0.4, -0.2) is 13.7 Å². The molecule has 1 saturated carbocycles. The summed E-state index contributed by atoms with van der Waals surface area (Å²) in [4.78, 5) is 0. The lowest BCUT2D eigenvalue weighted by molar-refractivity contribution is 0.161. The number of aryl methyl sites for hydroxylation is 1. The first-order chi connectivity index (χ1) is 9.69. The van der Waals surface area contributed by atoms with Gasteiger partial charge in [-0.1, -0.05) is 36.9 Å². The van der Waals surface area contributed by atoms with Crippen LogP contribution in [0.2, 0.25) is 5.02 Å². The first-order valence-corrected chi connectivity index (χ1v) is 8.09. The van der Waals surface area contributed by atoms with Crippen molar-refractivity contribution in [1.82, 2.24) is 0 Å². The molecule has 0 amide bonds. The van der Waals surface area contributed by atoms with E-state index in [0.29, 0.717) is 5.41 Å². The van der Waals surface area contributed by atoms with Crippen molar-refractivity contribution in [1.29, 1.82) is 0 Å². The van der Waals surface area contributed by atoms with E-state index in [1.807, 2.05) is 12.1 Å². The summed E-state index contributed by atoms with van der Waals surface area (Å²) in [5.41, 5.74) is 7.52. The number of hydrogen-bond acceptors (Lipinski definition) is 2. The molecule has 1 aliphatic rings. The molecule has 0 spiro atoms. The molecule has 2 N–H and O–H groups in total. The average Bonchev–Trinajstić information content (AvgIpc) is 2.47. The van der Waals surface area contributed by atoms with Crippen LogP contribution in [-0.2, 0) is 6.42 Å². The Bertz CT molecular complexity index is 421. The van der Waals surface area contributed by atoms with Gasteiger partial charge in [0, 0.05) is 5.02 Å². The third-order valence-corrected chi connectivity index (χ3v) is 5.13. The van der Waals surface area contributed by atoms with Crippen molar-refractivity contribution in [3.05, 3.63) is 28.8 Å². The SMILES string of the molecule is COc1ccc(CCC2(CCN)CCCCC2)c(Cl)c1. The van der Waals surface area contributed by atoms with E-state index in [0.717, 1.165) is 30.2 Å². The van der Waals surface area contributed by atoms with Crippen molar-refractivity contribution in [2.24, 2.45) is 11.1 Å². The number of rotatable bonds is 6. The summed E-state index contributed by atoms with van der Waals surface area (Å²) in [6, 6.07) is 6.01. The lowest BCUT2D eigenvalue weighted by atomic mass is 9.68. The molecule has 0 saturated heterocycles. The standard InChI is InChI=1S/C17H26ClNO/c1-20-15-6-5-14(16(18)13-15)7-10-17(11-12-19)8-3-2-4-9-17/h5-6,13H,2-4,7-12,19H2,1H3. The Kier molecular flexibility index (Phi) is 5.74. The zero-order valence-electron chi connectivity index (χ0n) is 12.5. The molecular weight excluding hydrogens is 270 g/mol. The van der Waals surface area contributed by atoms with Gasteiger partial charge in [0.25, 0.3) is 0 Å². The Morgan fingerprint density at radius 1 is 1.20 bits per heavy atom. The number of nitrogens with two attached hydrogens (primary N) is 1. The zero-order chi connectivity index (χ0) is 14.4. The van der Waals surface area contributed by atoms with Crippen LogP contribution < -0.4 is 10.5 Å². The second-order valence-corrected chi connectivity index (χ2v) is 6.46. The zero-order valence-corrected chi connectivity index (χ0v) is 13.2. The Hall–Kier alpha value is -0.730. The smallest absolute Gasteiger partial charge is 0.120 e. The lowest BCUT2D eigenvalue weighted by Gasteiger charge is -2.37. The fraction of sp³-hybridized carbons (Fsp3) is 0.647. The Labute approximate surface area is 127 Å².